The second-order valence-electron chi connectivity index (χ2n) is 5.79. The van der Waals surface area contributed by atoms with Crippen LogP contribution in [-0.2, 0) is 17.4 Å². The van der Waals surface area contributed by atoms with Gasteiger partial charge in [-0.3, -0.25) is 4.79 Å². The van der Waals surface area contributed by atoms with E-state index in [1.807, 2.05) is 0 Å². The van der Waals surface area contributed by atoms with Crippen molar-refractivity contribution < 1.29 is 22.4 Å². The summed E-state index contributed by atoms with van der Waals surface area (Å²) in [6.45, 7) is 0. The first-order chi connectivity index (χ1) is 13.2. The zero-order valence-corrected chi connectivity index (χ0v) is 15.6. The minimum absolute atomic E-state index is 0.0222. The van der Waals surface area contributed by atoms with Crippen LogP contribution in [0.2, 0.25) is 10.0 Å². The van der Waals surface area contributed by atoms with E-state index in [4.69, 9.17) is 27.6 Å². The fourth-order valence-corrected chi connectivity index (χ4v) is 2.90. The molecule has 1 N–H and O–H groups in total. The van der Waals surface area contributed by atoms with Gasteiger partial charge in [0.1, 0.15) is 0 Å². The van der Waals surface area contributed by atoms with Crippen molar-refractivity contribution in [2.24, 2.45) is 0 Å². The number of carbonyl (C=O) groups is 1. The van der Waals surface area contributed by atoms with Crippen molar-refractivity contribution in [1.82, 2.24) is 10.2 Å². The number of aryl methyl sites for hydroxylation is 1. The van der Waals surface area contributed by atoms with E-state index in [1.165, 1.54) is 18.2 Å². The molecule has 0 saturated heterocycles. The molecule has 5 nitrogen and oxygen atoms in total. The molecule has 0 aliphatic carbocycles. The van der Waals surface area contributed by atoms with Gasteiger partial charge < -0.3 is 9.73 Å². The van der Waals surface area contributed by atoms with Crippen molar-refractivity contribution >= 4 is 34.8 Å². The monoisotopic (exact) mass is 429 g/mol. The maximum atomic E-state index is 12.8. The number of halogens is 5. The first kappa shape index (κ1) is 20.2. The summed E-state index contributed by atoms with van der Waals surface area (Å²) in [5.41, 5.74) is -0.228. The lowest BCUT2D eigenvalue weighted by Gasteiger charge is -2.06. The van der Waals surface area contributed by atoms with E-state index in [0.29, 0.717) is 15.7 Å². The van der Waals surface area contributed by atoms with Crippen LogP contribution in [0.15, 0.2) is 46.9 Å². The van der Waals surface area contributed by atoms with E-state index < -0.39 is 11.7 Å². The van der Waals surface area contributed by atoms with E-state index in [1.54, 1.807) is 12.1 Å². The fourth-order valence-electron chi connectivity index (χ4n) is 2.37. The van der Waals surface area contributed by atoms with Gasteiger partial charge in [-0.05, 0) is 36.4 Å². The van der Waals surface area contributed by atoms with E-state index >= 15 is 0 Å². The van der Waals surface area contributed by atoms with Crippen LogP contribution in [0.3, 0.4) is 0 Å². The average Bonchev–Trinajstić information content (AvgIpc) is 3.07. The van der Waals surface area contributed by atoms with Crippen LogP contribution in [0.1, 0.15) is 17.9 Å². The molecule has 1 heterocycles. The Morgan fingerprint density at radius 1 is 1.07 bits per heavy atom. The summed E-state index contributed by atoms with van der Waals surface area (Å²) in [6, 6.07) is 9.19. The smallest absolute Gasteiger partial charge is 0.416 e. The highest BCUT2D eigenvalue weighted by Gasteiger charge is 2.30. The first-order valence-electron chi connectivity index (χ1n) is 7.97. The molecule has 3 aromatic rings. The third-order valence-electron chi connectivity index (χ3n) is 3.62. The van der Waals surface area contributed by atoms with Crippen molar-refractivity contribution in [3.05, 3.63) is 64.0 Å². The lowest BCUT2D eigenvalue weighted by molar-refractivity contribution is -0.137. The van der Waals surface area contributed by atoms with Crippen molar-refractivity contribution in [3.63, 3.8) is 0 Å². The third kappa shape index (κ3) is 5.24. The summed E-state index contributed by atoms with van der Waals surface area (Å²) in [6.07, 6.45) is -4.33. The molecule has 0 spiro atoms. The Morgan fingerprint density at radius 2 is 1.79 bits per heavy atom. The molecule has 1 aromatic heterocycles. The number of carbonyl (C=O) groups excluding carboxylic acids is 1. The van der Waals surface area contributed by atoms with Gasteiger partial charge in [0.15, 0.2) is 0 Å². The molecule has 3 rings (SSSR count). The van der Waals surface area contributed by atoms with Crippen LogP contribution in [0, 0.1) is 0 Å². The number of nitrogens with zero attached hydrogens (tertiary/aromatic N) is 2. The van der Waals surface area contributed by atoms with Crippen LogP contribution >= 0.6 is 23.2 Å². The molecule has 28 heavy (non-hydrogen) atoms. The standard InChI is InChI=1S/C18H12Cl2F3N3O2/c19-12-7-13(20)9-14(8-12)24-15(27)4-5-16-25-26-17(28-16)10-2-1-3-11(6-10)18(21,22)23/h1-3,6-9H,4-5H2,(H,24,27). The Bertz CT molecular complexity index is 985. The highest BCUT2D eigenvalue weighted by molar-refractivity contribution is 6.35. The van der Waals surface area contributed by atoms with Gasteiger partial charge in [-0.2, -0.15) is 13.2 Å². The molecule has 0 atom stereocenters. The van der Waals surface area contributed by atoms with E-state index in [9.17, 15) is 18.0 Å². The molecule has 0 unspecified atom stereocenters. The number of hydrogen-bond acceptors (Lipinski definition) is 4. The molecule has 0 bridgehead atoms. The summed E-state index contributed by atoms with van der Waals surface area (Å²) in [4.78, 5) is 12.0. The summed E-state index contributed by atoms with van der Waals surface area (Å²) in [5, 5.41) is 10.9. The number of benzene rings is 2. The van der Waals surface area contributed by atoms with Crippen LogP contribution in [0.4, 0.5) is 18.9 Å². The largest absolute Gasteiger partial charge is 0.421 e. The molecule has 2 aromatic carbocycles. The second kappa shape index (κ2) is 8.20. The van der Waals surface area contributed by atoms with Gasteiger partial charge in [0.05, 0.1) is 5.56 Å². The van der Waals surface area contributed by atoms with E-state index in [2.05, 4.69) is 15.5 Å². The SMILES string of the molecule is O=C(CCc1nnc(-c2cccc(C(F)(F)F)c2)o1)Nc1cc(Cl)cc(Cl)c1. The molecule has 0 radical (unpaired) electrons. The van der Waals surface area contributed by atoms with Crippen LogP contribution in [-0.4, -0.2) is 16.1 Å². The Morgan fingerprint density at radius 3 is 2.46 bits per heavy atom. The Hall–Kier alpha value is -2.58. The van der Waals surface area contributed by atoms with Gasteiger partial charge >= 0.3 is 6.18 Å². The predicted molar refractivity (Wildman–Crippen MR) is 98.1 cm³/mol. The van der Waals surface area contributed by atoms with Gasteiger partial charge in [-0.25, -0.2) is 0 Å². The summed E-state index contributed by atoms with van der Waals surface area (Å²) in [7, 11) is 0. The van der Waals surface area contributed by atoms with Gasteiger partial charge in [0, 0.05) is 34.1 Å². The lowest BCUT2D eigenvalue weighted by atomic mass is 10.1. The molecular weight excluding hydrogens is 418 g/mol. The van der Waals surface area contributed by atoms with Crippen LogP contribution in [0.25, 0.3) is 11.5 Å². The summed E-state index contributed by atoms with van der Waals surface area (Å²) in [5.74, 6) is -0.257. The third-order valence-corrected chi connectivity index (χ3v) is 4.05. The first-order valence-corrected chi connectivity index (χ1v) is 8.72. The van der Waals surface area contributed by atoms with Gasteiger partial charge in [0.25, 0.3) is 0 Å². The Kier molecular flexibility index (Phi) is 5.90. The summed E-state index contributed by atoms with van der Waals surface area (Å²) >= 11 is 11.7. The van der Waals surface area contributed by atoms with E-state index in [-0.39, 0.29) is 36.1 Å². The highest BCUT2D eigenvalue weighted by Crippen LogP contribution is 2.31. The van der Waals surface area contributed by atoms with E-state index in [0.717, 1.165) is 12.1 Å². The minimum atomic E-state index is -4.47. The fraction of sp³-hybridized carbons (Fsp3) is 0.167. The zero-order chi connectivity index (χ0) is 20.3. The summed E-state index contributed by atoms with van der Waals surface area (Å²) < 4.78 is 43.8. The molecule has 10 heteroatoms. The molecule has 0 fully saturated rings. The minimum Gasteiger partial charge on any atom is -0.421 e. The highest BCUT2D eigenvalue weighted by atomic mass is 35.5. The van der Waals surface area contributed by atoms with Gasteiger partial charge in [0.2, 0.25) is 17.7 Å². The van der Waals surface area contributed by atoms with Gasteiger partial charge in [-0.1, -0.05) is 29.3 Å². The average molecular weight is 430 g/mol. The molecule has 0 aliphatic rings. The number of anilines is 1. The van der Waals surface area contributed by atoms with Gasteiger partial charge in [-0.15, -0.1) is 10.2 Å². The van der Waals surface area contributed by atoms with Crippen LogP contribution < -0.4 is 5.32 Å². The Balaban J connectivity index is 1.63. The molecule has 0 saturated carbocycles. The maximum absolute atomic E-state index is 12.8. The lowest BCUT2D eigenvalue weighted by Crippen LogP contribution is -2.12. The zero-order valence-electron chi connectivity index (χ0n) is 14.1. The normalized spacial score (nSPS) is 11.5. The number of amides is 1. The second-order valence-corrected chi connectivity index (χ2v) is 6.66. The topological polar surface area (TPSA) is 68.0 Å². The Labute approximate surface area is 167 Å². The number of hydrogen-bond donors (Lipinski definition) is 1. The maximum Gasteiger partial charge on any atom is 0.416 e. The molecular formula is C18H12Cl2F3N3O2. The van der Waals surface area contributed by atoms with Crippen LogP contribution in [0.5, 0.6) is 0 Å². The van der Waals surface area contributed by atoms with Crippen molar-refractivity contribution in [2.75, 3.05) is 5.32 Å². The quantitative estimate of drug-likeness (QED) is 0.570. The van der Waals surface area contributed by atoms with Crippen molar-refractivity contribution in [3.8, 4) is 11.5 Å². The van der Waals surface area contributed by atoms with Crippen molar-refractivity contribution in [2.45, 2.75) is 19.0 Å². The number of aromatic nitrogens is 2. The molecule has 0 aliphatic heterocycles. The molecule has 1 amide bonds. The number of rotatable bonds is 5. The van der Waals surface area contributed by atoms with Crippen molar-refractivity contribution in [1.29, 1.82) is 0 Å². The molecule has 146 valence electrons. The number of alkyl halides is 3. The predicted octanol–water partition coefficient (Wildman–Crippen LogP) is 5.63. The number of nitrogens with one attached hydrogen (secondary N) is 1.